The first-order chi connectivity index (χ1) is 9.38. The third-order valence-electron chi connectivity index (χ3n) is 3.37. The van der Waals surface area contributed by atoms with Crippen LogP contribution in [0.3, 0.4) is 0 Å². The van der Waals surface area contributed by atoms with Gasteiger partial charge in [-0.3, -0.25) is 0 Å². The Hall–Kier alpha value is -0.840. The van der Waals surface area contributed by atoms with E-state index in [1.807, 2.05) is 28.9 Å². The summed E-state index contributed by atoms with van der Waals surface area (Å²) < 4.78 is 8.33. The molecule has 1 aliphatic rings. The Morgan fingerprint density at radius 1 is 1.42 bits per heavy atom. The third kappa shape index (κ3) is 2.86. The molecule has 2 aromatic heterocycles. The Labute approximate surface area is 122 Å². The predicted molar refractivity (Wildman–Crippen MR) is 84.0 cm³/mol. The van der Waals surface area contributed by atoms with Crippen molar-refractivity contribution in [1.82, 2.24) is 5.32 Å². The van der Waals surface area contributed by atoms with Gasteiger partial charge in [0.15, 0.2) is 0 Å². The maximum Gasteiger partial charge on any atom is 0.0876 e. The zero-order valence-electron chi connectivity index (χ0n) is 11.1. The molecule has 1 unspecified atom stereocenters. The minimum Gasteiger partial charge on any atom is -0.501 e. The first-order valence-corrected chi connectivity index (χ1v) is 8.59. The lowest BCUT2D eigenvalue weighted by atomic mass is 10.0. The molecule has 3 heterocycles. The minimum atomic E-state index is 0.338. The normalized spacial score (nSPS) is 17.2. The van der Waals surface area contributed by atoms with Gasteiger partial charge in [-0.2, -0.15) is 0 Å². The van der Waals surface area contributed by atoms with Gasteiger partial charge in [-0.25, -0.2) is 0 Å². The molecule has 102 valence electrons. The topological polar surface area (TPSA) is 21.3 Å². The van der Waals surface area contributed by atoms with Gasteiger partial charge in [0.2, 0.25) is 0 Å². The molecule has 0 fully saturated rings. The summed E-state index contributed by atoms with van der Waals surface area (Å²) in [5.74, 6) is 0. The van der Waals surface area contributed by atoms with E-state index in [4.69, 9.17) is 4.74 Å². The van der Waals surface area contributed by atoms with Crippen LogP contribution in [-0.2, 0) is 4.74 Å². The Morgan fingerprint density at radius 3 is 3.11 bits per heavy atom. The molecule has 0 spiro atoms. The van der Waals surface area contributed by atoms with Gasteiger partial charge < -0.3 is 10.1 Å². The highest BCUT2D eigenvalue weighted by Gasteiger charge is 2.20. The summed E-state index contributed by atoms with van der Waals surface area (Å²) in [5.41, 5.74) is 1.40. The van der Waals surface area contributed by atoms with Gasteiger partial charge in [0.1, 0.15) is 0 Å². The Morgan fingerprint density at radius 2 is 2.37 bits per heavy atom. The van der Waals surface area contributed by atoms with Crippen LogP contribution >= 0.6 is 22.7 Å². The van der Waals surface area contributed by atoms with Gasteiger partial charge in [-0.15, -0.1) is 22.7 Å². The fourth-order valence-electron chi connectivity index (χ4n) is 2.43. The molecule has 4 heteroatoms. The highest BCUT2D eigenvalue weighted by Crippen LogP contribution is 2.37. The van der Waals surface area contributed by atoms with Crippen molar-refractivity contribution in [1.29, 1.82) is 0 Å². The van der Waals surface area contributed by atoms with Crippen LogP contribution in [0.25, 0.3) is 9.40 Å². The van der Waals surface area contributed by atoms with E-state index in [-0.39, 0.29) is 0 Å². The summed E-state index contributed by atoms with van der Waals surface area (Å²) >= 11 is 3.74. The van der Waals surface area contributed by atoms with E-state index in [1.165, 1.54) is 19.9 Å². The molecule has 0 bridgehead atoms. The molecule has 0 aliphatic carbocycles. The number of rotatable bonds is 5. The SMILES string of the molecule is CCCNC(C1=COCCC1)c1cc2sccc2s1. The molecule has 0 amide bonds. The van der Waals surface area contributed by atoms with Crippen LogP contribution in [-0.4, -0.2) is 13.2 Å². The van der Waals surface area contributed by atoms with Crippen molar-refractivity contribution < 1.29 is 4.74 Å². The van der Waals surface area contributed by atoms with Gasteiger partial charge in [0.05, 0.1) is 18.9 Å². The van der Waals surface area contributed by atoms with Crippen LogP contribution in [0.2, 0.25) is 0 Å². The van der Waals surface area contributed by atoms with Crippen LogP contribution in [0.15, 0.2) is 29.3 Å². The fourth-order valence-corrected chi connectivity index (χ4v) is 4.67. The number of nitrogens with one attached hydrogen (secondary N) is 1. The van der Waals surface area contributed by atoms with Crippen molar-refractivity contribution in [2.45, 2.75) is 32.2 Å². The summed E-state index contributed by atoms with van der Waals surface area (Å²) in [5, 5.41) is 5.84. The molecule has 19 heavy (non-hydrogen) atoms. The maximum absolute atomic E-state index is 5.53. The molecule has 0 aromatic carbocycles. The summed E-state index contributed by atoms with van der Waals surface area (Å²) in [4.78, 5) is 1.42. The van der Waals surface area contributed by atoms with Gasteiger partial charge in [-0.1, -0.05) is 6.92 Å². The lowest BCUT2D eigenvalue weighted by Gasteiger charge is -2.23. The van der Waals surface area contributed by atoms with Gasteiger partial charge in [0.25, 0.3) is 0 Å². The quantitative estimate of drug-likeness (QED) is 0.863. The predicted octanol–water partition coefficient (Wildman–Crippen LogP) is 4.70. The molecule has 3 rings (SSSR count). The van der Waals surface area contributed by atoms with Crippen molar-refractivity contribution in [3.8, 4) is 0 Å². The minimum absolute atomic E-state index is 0.338. The number of hydrogen-bond donors (Lipinski definition) is 1. The van der Waals surface area contributed by atoms with E-state index in [1.54, 1.807) is 0 Å². The number of fused-ring (bicyclic) bond motifs is 1. The molecule has 1 aliphatic heterocycles. The van der Waals surface area contributed by atoms with E-state index in [0.29, 0.717) is 6.04 Å². The monoisotopic (exact) mass is 293 g/mol. The van der Waals surface area contributed by atoms with Crippen molar-refractivity contribution in [3.05, 3.63) is 34.2 Å². The van der Waals surface area contributed by atoms with E-state index in [9.17, 15) is 0 Å². The second kappa shape index (κ2) is 6.07. The number of ether oxygens (including phenoxy) is 1. The van der Waals surface area contributed by atoms with Crippen molar-refractivity contribution in [2.75, 3.05) is 13.2 Å². The number of thiophene rings is 2. The van der Waals surface area contributed by atoms with E-state index in [0.717, 1.165) is 32.4 Å². The van der Waals surface area contributed by atoms with Crippen LogP contribution in [0.4, 0.5) is 0 Å². The third-order valence-corrected chi connectivity index (χ3v) is 5.53. The smallest absolute Gasteiger partial charge is 0.0876 e. The highest BCUT2D eigenvalue weighted by molar-refractivity contribution is 7.27. The Bertz CT molecular complexity index is 541. The molecule has 0 saturated heterocycles. The Balaban J connectivity index is 1.89. The average Bonchev–Trinajstić information content (AvgIpc) is 3.02. The van der Waals surface area contributed by atoms with Crippen LogP contribution < -0.4 is 5.32 Å². The van der Waals surface area contributed by atoms with E-state index in [2.05, 4.69) is 29.8 Å². The molecule has 1 N–H and O–H groups in total. The molecular formula is C15H19NOS2. The van der Waals surface area contributed by atoms with Gasteiger partial charge in [-0.05, 0) is 48.9 Å². The molecule has 2 aromatic rings. The highest BCUT2D eigenvalue weighted by atomic mass is 32.1. The second-order valence-corrected chi connectivity index (χ2v) is 6.92. The van der Waals surface area contributed by atoms with Crippen molar-refractivity contribution in [3.63, 3.8) is 0 Å². The maximum atomic E-state index is 5.53. The van der Waals surface area contributed by atoms with Crippen molar-refractivity contribution in [2.24, 2.45) is 0 Å². The molecule has 0 saturated carbocycles. The summed E-state index contributed by atoms with van der Waals surface area (Å²) in [6.45, 7) is 4.12. The summed E-state index contributed by atoms with van der Waals surface area (Å²) in [6.07, 6.45) is 5.41. The summed E-state index contributed by atoms with van der Waals surface area (Å²) in [6, 6.07) is 4.90. The Kier molecular flexibility index (Phi) is 4.21. The first-order valence-electron chi connectivity index (χ1n) is 6.89. The average molecular weight is 293 g/mol. The van der Waals surface area contributed by atoms with Crippen LogP contribution in [0, 0.1) is 0 Å². The largest absolute Gasteiger partial charge is 0.501 e. The zero-order chi connectivity index (χ0) is 13.1. The lowest BCUT2D eigenvalue weighted by Crippen LogP contribution is -2.24. The zero-order valence-corrected chi connectivity index (χ0v) is 12.8. The molecule has 1 atom stereocenters. The molecular weight excluding hydrogens is 274 g/mol. The van der Waals surface area contributed by atoms with Gasteiger partial charge in [0, 0.05) is 14.3 Å². The van der Waals surface area contributed by atoms with Crippen LogP contribution in [0.5, 0.6) is 0 Å². The first kappa shape index (κ1) is 13.2. The second-order valence-electron chi connectivity index (χ2n) is 4.85. The van der Waals surface area contributed by atoms with E-state index >= 15 is 0 Å². The van der Waals surface area contributed by atoms with Gasteiger partial charge >= 0.3 is 0 Å². The van der Waals surface area contributed by atoms with Crippen molar-refractivity contribution >= 4 is 32.1 Å². The lowest BCUT2D eigenvalue weighted by molar-refractivity contribution is 0.219. The molecule has 0 radical (unpaired) electrons. The van der Waals surface area contributed by atoms with Crippen LogP contribution in [0.1, 0.15) is 37.1 Å². The van der Waals surface area contributed by atoms with E-state index < -0.39 is 0 Å². The standard InChI is InChI=1S/C15H19NOS2/c1-2-6-16-15(11-4-3-7-17-10-11)14-9-13-12(19-14)5-8-18-13/h5,8-10,15-16H,2-4,6-7H2,1H3. The number of hydrogen-bond acceptors (Lipinski definition) is 4. The fraction of sp³-hybridized carbons (Fsp3) is 0.467. The summed E-state index contributed by atoms with van der Waals surface area (Å²) in [7, 11) is 0. The molecule has 2 nitrogen and oxygen atoms in total.